The molecule has 0 aromatic rings. The van der Waals surface area contributed by atoms with E-state index in [4.69, 9.17) is 4.74 Å². The first-order valence-electron chi connectivity index (χ1n) is 6.91. The smallest absolute Gasteiger partial charge is 0.246 e. The zero-order valence-electron chi connectivity index (χ0n) is 12.4. The second kappa shape index (κ2) is 4.78. The number of nitrogens with zero attached hydrogens (tertiary/aromatic N) is 1. The van der Waals surface area contributed by atoms with E-state index in [-0.39, 0.29) is 41.8 Å². The molecular weight excluding hydrogens is 244 g/mol. The maximum absolute atomic E-state index is 12.5. The van der Waals surface area contributed by atoms with Gasteiger partial charge in [0.15, 0.2) is 0 Å². The topological polar surface area (TPSA) is 58.6 Å². The molecule has 0 aromatic carbocycles. The predicted octanol–water partition coefficient (Wildman–Crippen LogP) is 0.783. The van der Waals surface area contributed by atoms with Gasteiger partial charge in [0.05, 0.1) is 12.6 Å². The van der Waals surface area contributed by atoms with E-state index in [1.54, 1.807) is 12.0 Å². The molecule has 5 heteroatoms. The highest BCUT2D eigenvalue weighted by molar-refractivity contribution is 5.95. The minimum absolute atomic E-state index is 0.0437. The Labute approximate surface area is 114 Å². The van der Waals surface area contributed by atoms with Gasteiger partial charge in [-0.2, -0.15) is 0 Å². The van der Waals surface area contributed by atoms with E-state index < -0.39 is 6.04 Å². The Kier molecular flexibility index (Phi) is 3.60. The van der Waals surface area contributed by atoms with Crippen LogP contribution in [0.3, 0.4) is 0 Å². The molecule has 0 bridgehead atoms. The van der Waals surface area contributed by atoms with E-state index in [0.29, 0.717) is 0 Å². The van der Waals surface area contributed by atoms with Crippen LogP contribution in [0.15, 0.2) is 0 Å². The van der Waals surface area contributed by atoms with Gasteiger partial charge in [0.25, 0.3) is 0 Å². The molecule has 0 aromatic heterocycles. The van der Waals surface area contributed by atoms with Crippen molar-refractivity contribution in [3.05, 3.63) is 0 Å². The number of ether oxygens (including phenoxy) is 1. The lowest BCUT2D eigenvalue weighted by Gasteiger charge is -2.56. The fraction of sp³-hybridized carbons (Fsp3) is 0.857. The SMILES string of the molecule is COC1CC(N2CC(=O)NC(C(C)C)C2=O)C1(C)C. The molecule has 1 N–H and O–H groups in total. The summed E-state index contributed by atoms with van der Waals surface area (Å²) in [6.07, 6.45) is 0.973. The van der Waals surface area contributed by atoms with E-state index in [2.05, 4.69) is 19.2 Å². The van der Waals surface area contributed by atoms with E-state index in [0.717, 1.165) is 6.42 Å². The molecule has 3 unspecified atom stereocenters. The molecule has 0 radical (unpaired) electrons. The van der Waals surface area contributed by atoms with Gasteiger partial charge in [0, 0.05) is 18.6 Å². The van der Waals surface area contributed by atoms with Gasteiger partial charge in [-0.25, -0.2) is 0 Å². The summed E-state index contributed by atoms with van der Waals surface area (Å²) in [5, 5.41) is 2.79. The number of carbonyl (C=O) groups is 2. The van der Waals surface area contributed by atoms with Crippen LogP contribution in [0.5, 0.6) is 0 Å². The number of hydrogen-bond acceptors (Lipinski definition) is 3. The number of hydrogen-bond donors (Lipinski definition) is 1. The van der Waals surface area contributed by atoms with Crippen molar-refractivity contribution in [1.82, 2.24) is 10.2 Å². The van der Waals surface area contributed by atoms with Crippen molar-refractivity contribution in [2.45, 2.75) is 52.3 Å². The lowest BCUT2D eigenvalue weighted by molar-refractivity contribution is -0.171. The minimum Gasteiger partial charge on any atom is -0.381 e. The largest absolute Gasteiger partial charge is 0.381 e. The highest BCUT2D eigenvalue weighted by atomic mass is 16.5. The van der Waals surface area contributed by atoms with Crippen molar-refractivity contribution in [3.63, 3.8) is 0 Å². The second-order valence-electron chi connectivity index (χ2n) is 6.55. The molecule has 3 atom stereocenters. The molecular formula is C14H24N2O3. The van der Waals surface area contributed by atoms with Crippen LogP contribution in [-0.4, -0.2) is 48.6 Å². The third kappa shape index (κ3) is 2.24. The Balaban J connectivity index is 2.16. The van der Waals surface area contributed by atoms with E-state index in [1.165, 1.54) is 0 Å². The summed E-state index contributed by atoms with van der Waals surface area (Å²) >= 11 is 0. The van der Waals surface area contributed by atoms with Gasteiger partial charge in [0.2, 0.25) is 11.8 Å². The summed E-state index contributed by atoms with van der Waals surface area (Å²) in [4.78, 5) is 26.1. The third-order valence-electron chi connectivity index (χ3n) is 4.63. The highest BCUT2D eigenvalue weighted by Gasteiger charge is 2.54. The zero-order valence-corrected chi connectivity index (χ0v) is 12.4. The number of rotatable bonds is 3. The molecule has 0 spiro atoms. The molecule has 2 rings (SSSR count). The molecule has 5 nitrogen and oxygen atoms in total. The molecule has 2 aliphatic rings. The van der Waals surface area contributed by atoms with Gasteiger partial charge >= 0.3 is 0 Å². The normalized spacial score (nSPS) is 34.2. The minimum atomic E-state index is -0.390. The summed E-state index contributed by atoms with van der Waals surface area (Å²) < 4.78 is 5.42. The second-order valence-corrected chi connectivity index (χ2v) is 6.55. The van der Waals surface area contributed by atoms with Crippen molar-refractivity contribution < 1.29 is 14.3 Å². The van der Waals surface area contributed by atoms with Crippen LogP contribution >= 0.6 is 0 Å². The van der Waals surface area contributed by atoms with Gasteiger partial charge in [0.1, 0.15) is 6.04 Å². The quantitative estimate of drug-likeness (QED) is 0.823. The summed E-state index contributed by atoms with van der Waals surface area (Å²) in [6.45, 7) is 8.28. The van der Waals surface area contributed by atoms with Gasteiger partial charge in [-0.15, -0.1) is 0 Å². The van der Waals surface area contributed by atoms with Crippen molar-refractivity contribution in [2.75, 3.05) is 13.7 Å². The number of carbonyl (C=O) groups excluding carboxylic acids is 2. The number of piperazine rings is 1. The van der Waals surface area contributed by atoms with Crippen LogP contribution in [0, 0.1) is 11.3 Å². The van der Waals surface area contributed by atoms with Crippen LogP contribution in [0.25, 0.3) is 0 Å². The Morgan fingerprint density at radius 3 is 2.47 bits per heavy atom. The van der Waals surface area contributed by atoms with Crippen LogP contribution in [0.2, 0.25) is 0 Å². The van der Waals surface area contributed by atoms with E-state index in [1.807, 2.05) is 13.8 Å². The predicted molar refractivity (Wildman–Crippen MR) is 71.5 cm³/mol. The maximum Gasteiger partial charge on any atom is 0.246 e. The molecule has 1 heterocycles. The Hall–Kier alpha value is -1.10. The van der Waals surface area contributed by atoms with E-state index in [9.17, 15) is 9.59 Å². The third-order valence-corrected chi connectivity index (χ3v) is 4.63. The maximum atomic E-state index is 12.5. The van der Waals surface area contributed by atoms with Crippen LogP contribution in [0.4, 0.5) is 0 Å². The lowest BCUT2D eigenvalue weighted by Crippen LogP contribution is -2.70. The van der Waals surface area contributed by atoms with Crippen molar-refractivity contribution in [3.8, 4) is 0 Å². The van der Waals surface area contributed by atoms with E-state index >= 15 is 0 Å². The molecule has 1 aliphatic carbocycles. The number of nitrogens with one attached hydrogen (secondary N) is 1. The van der Waals surface area contributed by atoms with Gasteiger partial charge < -0.3 is 15.0 Å². The van der Waals surface area contributed by atoms with Crippen LogP contribution in [0.1, 0.15) is 34.1 Å². The average molecular weight is 268 g/mol. The van der Waals surface area contributed by atoms with Crippen molar-refractivity contribution in [2.24, 2.45) is 11.3 Å². The Morgan fingerprint density at radius 1 is 1.37 bits per heavy atom. The fourth-order valence-corrected chi connectivity index (χ4v) is 3.20. The first kappa shape index (κ1) is 14.3. The van der Waals surface area contributed by atoms with Gasteiger partial charge in [-0.1, -0.05) is 27.7 Å². The first-order chi connectivity index (χ1) is 8.78. The monoisotopic (exact) mass is 268 g/mol. The fourth-order valence-electron chi connectivity index (χ4n) is 3.20. The van der Waals surface area contributed by atoms with Crippen molar-refractivity contribution >= 4 is 11.8 Å². The molecule has 19 heavy (non-hydrogen) atoms. The van der Waals surface area contributed by atoms with Gasteiger partial charge in [-0.3, -0.25) is 9.59 Å². The molecule has 108 valence electrons. The zero-order chi connectivity index (χ0) is 14.4. The molecule has 1 aliphatic heterocycles. The molecule has 1 saturated heterocycles. The van der Waals surface area contributed by atoms with Crippen LogP contribution in [-0.2, 0) is 14.3 Å². The lowest BCUT2D eigenvalue weighted by atomic mass is 9.63. The highest BCUT2D eigenvalue weighted by Crippen LogP contribution is 2.46. The summed E-state index contributed by atoms with van der Waals surface area (Å²) in [5.74, 6) is 0.0952. The summed E-state index contributed by atoms with van der Waals surface area (Å²) in [5.41, 5.74) is -0.0937. The van der Waals surface area contributed by atoms with Crippen LogP contribution < -0.4 is 5.32 Å². The number of methoxy groups -OCH3 is 1. The summed E-state index contributed by atoms with van der Waals surface area (Å²) in [6, 6.07) is -0.295. The average Bonchev–Trinajstić information content (AvgIpc) is 2.31. The number of amides is 2. The Morgan fingerprint density at radius 2 is 2.00 bits per heavy atom. The standard InChI is InChI=1S/C14H24N2O3/c1-8(2)12-13(18)16(7-11(17)15-12)9-6-10(19-5)14(9,3)4/h8-10,12H,6-7H2,1-5H3,(H,15,17). The molecule has 2 fully saturated rings. The molecule has 1 saturated carbocycles. The van der Waals surface area contributed by atoms with Crippen molar-refractivity contribution in [1.29, 1.82) is 0 Å². The summed E-state index contributed by atoms with van der Waals surface area (Å²) in [7, 11) is 1.70. The Bertz CT molecular complexity index is 392. The van der Waals surface area contributed by atoms with Gasteiger partial charge in [-0.05, 0) is 12.3 Å². The first-order valence-corrected chi connectivity index (χ1v) is 6.91. The molecule has 2 amide bonds.